The lowest BCUT2D eigenvalue weighted by atomic mass is 10.2. The average molecular weight is 219 g/mol. The van der Waals surface area contributed by atoms with E-state index < -0.39 is 0 Å². The van der Waals surface area contributed by atoms with Crippen molar-refractivity contribution >= 4 is 5.69 Å². The zero-order valence-electron chi connectivity index (χ0n) is 9.15. The number of benzene rings is 1. The third-order valence-electron chi connectivity index (χ3n) is 2.34. The first-order valence-corrected chi connectivity index (χ1v) is 5.23. The van der Waals surface area contributed by atoms with Crippen molar-refractivity contribution in [2.75, 3.05) is 11.9 Å². The molecule has 0 radical (unpaired) electrons. The first-order chi connectivity index (χ1) is 7.75. The van der Waals surface area contributed by atoms with Crippen molar-refractivity contribution in [3.05, 3.63) is 48.0 Å². The van der Waals surface area contributed by atoms with Crippen LogP contribution in [0.25, 0.3) is 0 Å². The van der Waals surface area contributed by atoms with Crippen LogP contribution < -0.4 is 5.32 Å². The average Bonchev–Trinajstić information content (AvgIpc) is 2.76. The molecule has 0 aliphatic carbocycles. The number of anilines is 1. The summed E-state index contributed by atoms with van der Waals surface area (Å²) in [6.45, 7) is 3.32. The predicted molar refractivity (Wildman–Crippen MR) is 61.9 cm³/mol. The zero-order valence-corrected chi connectivity index (χ0v) is 9.15. The molecule has 1 aromatic carbocycles. The number of nitrogens with one attached hydrogen (secondary N) is 1. The molecule has 0 saturated heterocycles. The molecule has 0 aliphatic heterocycles. The molecule has 0 amide bonds. The third kappa shape index (κ3) is 2.59. The van der Waals surface area contributed by atoms with Gasteiger partial charge in [0.1, 0.15) is 5.82 Å². The summed E-state index contributed by atoms with van der Waals surface area (Å²) in [7, 11) is 0. The number of hydrogen-bond donors (Lipinski definition) is 1. The monoisotopic (exact) mass is 219 g/mol. The molecular weight excluding hydrogens is 205 g/mol. The van der Waals surface area contributed by atoms with Gasteiger partial charge in [0.15, 0.2) is 0 Å². The van der Waals surface area contributed by atoms with Gasteiger partial charge >= 0.3 is 0 Å². The largest absolute Gasteiger partial charge is 0.381 e. The van der Waals surface area contributed by atoms with E-state index >= 15 is 0 Å². The quantitative estimate of drug-likeness (QED) is 0.856. The minimum atomic E-state index is -0.217. The van der Waals surface area contributed by atoms with Gasteiger partial charge in [0.05, 0.1) is 12.2 Å². The summed E-state index contributed by atoms with van der Waals surface area (Å²) in [5.41, 5.74) is 1.59. The van der Waals surface area contributed by atoms with E-state index in [0.717, 1.165) is 12.1 Å². The standard InChI is InChI=1S/C12H14FN3/c1-10-3-4-11(13)12(9-10)14-6-8-16-7-2-5-15-16/h2-5,7,9,14H,6,8H2,1H3. The van der Waals surface area contributed by atoms with E-state index in [1.807, 2.05) is 19.2 Å². The number of hydrogen-bond acceptors (Lipinski definition) is 2. The van der Waals surface area contributed by atoms with Gasteiger partial charge in [0.2, 0.25) is 0 Å². The van der Waals surface area contributed by atoms with Crippen molar-refractivity contribution < 1.29 is 4.39 Å². The summed E-state index contributed by atoms with van der Waals surface area (Å²) < 4.78 is 15.2. The van der Waals surface area contributed by atoms with Crippen LogP contribution in [0, 0.1) is 12.7 Å². The summed E-state index contributed by atoms with van der Waals surface area (Å²) in [5, 5.41) is 7.13. The molecule has 16 heavy (non-hydrogen) atoms. The van der Waals surface area contributed by atoms with Crippen molar-refractivity contribution in [2.24, 2.45) is 0 Å². The fourth-order valence-corrected chi connectivity index (χ4v) is 1.51. The summed E-state index contributed by atoms with van der Waals surface area (Å²) in [4.78, 5) is 0. The van der Waals surface area contributed by atoms with Crippen LogP contribution in [0.3, 0.4) is 0 Å². The molecule has 0 aliphatic rings. The molecule has 0 atom stereocenters. The second-order valence-electron chi connectivity index (χ2n) is 3.68. The van der Waals surface area contributed by atoms with Gasteiger partial charge in [0, 0.05) is 18.9 Å². The minimum Gasteiger partial charge on any atom is -0.381 e. The highest BCUT2D eigenvalue weighted by molar-refractivity contribution is 5.46. The molecule has 0 fully saturated rings. The maximum atomic E-state index is 13.4. The van der Waals surface area contributed by atoms with Gasteiger partial charge in [0.25, 0.3) is 0 Å². The van der Waals surface area contributed by atoms with Crippen LogP contribution in [0.2, 0.25) is 0 Å². The Hall–Kier alpha value is -1.84. The maximum absolute atomic E-state index is 13.4. The van der Waals surface area contributed by atoms with Crippen LogP contribution in [0.15, 0.2) is 36.7 Å². The number of nitrogens with zero attached hydrogens (tertiary/aromatic N) is 2. The van der Waals surface area contributed by atoms with Crippen molar-refractivity contribution in [1.82, 2.24) is 9.78 Å². The molecule has 0 saturated carbocycles. The lowest BCUT2D eigenvalue weighted by molar-refractivity contribution is 0.617. The lowest BCUT2D eigenvalue weighted by Gasteiger charge is -2.08. The highest BCUT2D eigenvalue weighted by atomic mass is 19.1. The summed E-state index contributed by atoms with van der Waals surface area (Å²) in [5.74, 6) is -0.217. The van der Waals surface area contributed by atoms with Crippen LogP contribution in [-0.4, -0.2) is 16.3 Å². The Morgan fingerprint density at radius 3 is 3.06 bits per heavy atom. The van der Waals surface area contributed by atoms with Crippen LogP contribution >= 0.6 is 0 Å². The molecule has 2 aromatic rings. The van der Waals surface area contributed by atoms with Crippen molar-refractivity contribution in [3.63, 3.8) is 0 Å². The smallest absolute Gasteiger partial charge is 0.146 e. The molecule has 0 unspecified atom stereocenters. The van der Waals surface area contributed by atoms with E-state index in [9.17, 15) is 4.39 Å². The second kappa shape index (κ2) is 4.79. The number of aromatic nitrogens is 2. The van der Waals surface area contributed by atoms with Gasteiger partial charge < -0.3 is 5.32 Å². The van der Waals surface area contributed by atoms with Crippen molar-refractivity contribution in [3.8, 4) is 0 Å². The molecule has 2 rings (SSSR count). The Kier molecular flexibility index (Phi) is 3.19. The van der Waals surface area contributed by atoms with E-state index in [4.69, 9.17) is 0 Å². The van der Waals surface area contributed by atoms with Gasteiger partial charge in [-0.05, 0) is 30.7 Å². The third-order valence-corrected chi connectivity index (χ3v) is 2.34. The Morgan fingerprint density at radius 1 is 1.44 bits per heavy atom. The molecule has 3 nitrogen and oxygen atoms in total. The predicted octanol–water partition coefficient (Wildman–Crippen LogP) is 2.44. The normalized spacial score (nSPS) is 10.4. The number of halogens is 1. The van der Waals surface area contributed by atoms with Gasteiger partial charge in [-0.3, -0.25) is 4.68 Å². The van der Waals surface area contributed by atoms with Gasteiger partial charge in [-0.15, -0.1) is 0 Å². The zero-order chi connectivity index (χ0) is 11.4. The van der Waals surface area contributed by atoms with Gasteiger partial charge in [-0.1, -0.05) is 6.07 Å². The van der Waals surface area contributed by atoms with E-state index in [2.05, 4.69) is 10.4 Å². The molecular formula is C12H14FN3. The SMILES string of the molecule is Cc1ccc(F)c(NCCn2cccn2)c1. The molecule has 4 heteroatoms. The number of rotatable bonds is 4. The van der Waals surface area contributed by atoms with Crippen molar-refractivity contribution in [2.45, 2.75) is 13.5 Å². The first kappa shape index (κ1) is 10.7. The van der Waals surface area contributed by atoms with Crippen LogP contribution in [-0.2, 0) is 6.54 Å². The highest BCUT2D eigenvalue weighted by Gasteiger charge is 2.00. The van der Waals surface area contributed by atoms with Crippen LogP contribution in [0.5, 0.6) is 0 Å². The topological polar surface area (TPSA) is 29.9 Å². The maximum Gasteiger partial charge on any atom is 0.146 e. The van der Waals surface area contributed by atoms with E-state index in [-0.39, 0.29) is 5.82 Å². The highest BCUT2D eigenvalue weighted by Crippen LogP contribution is 2.15. The van der Waals surface area contributed by atoms with E-state index in [1.54, 1.807) is 23.0 Å². The summed E-state index contributed by atoms with van der Waals surface area (Å²) >= 11 is 0. The fraction of sp³-hybridized carbons (Fsp3) is 0.250. The Balaban J connectivity index is 1.92. The van der Waals surface area contributed by atoms with Crippen LogP contribution in [0.4, 0.5) is 10.1 Å². The number of aryl methyl sites for hydroxylation is 1. The van der Waals surface area contributed by atoms with Crippen LogP contribution in [0.1, 0.15) is 5.56 Å². The fourth-order valence-electron chi connectivity index (χ4n) is 1.51. The Bertz CT molecular complexity index is 451. The summed E-state index contributed by atoms with van der Waals surface area (Å²) in [6.07, 6.45) is 3.61. The van der Waals surface area contributed by atoms with E-state index in [1.165, 1.54) is 6.07 Å². The molecule has 1 aromatic heterocycles. The Labute approximate surface area is 93.9 Å². The second-order valence-corrected chi connectivity index (χ2v) is 3.68. The molecule has 1 N–H and O–H groups in total. The molecule has 1 heterocycles. The lowest BCUT2D eigenvalue weighted by Crippen LogP contribution is -2.11. The Morgan fingerprint density at radius 2 is 2.31 bits per heavy atom. The summed E-state index contributed by atoms with van der Waals surface area (Å²) in [6, 6.07) is 6.91. The van der Waals surface area contributed by atoms with Gasteiger partial charge in [-0.2, -0.15) is 5.10 Å². The minimum absolute atomic E-state index is 0.217. The molecule has 0 spiro atoms. The van der Waals surface area contributed by atoms with Crippen molar-refractivity contribution in [1.29, 1.82) is 0 Å². The van der Waals surface area contributed by atoms with E-state index in [0.29, 0.717) is 12.2 Å². The molecule has 0 bridgehead atoms. The first-order valence-electron chi connectivity index (χ1n) is 5.23. The molecule has 84 valence electrons. The van der Waals surface area contributed by atoms with Gasteiger partial charge in [-0.25, -0.2) is 4.39 Å².